The number of rotatable bonds is 5. The number of amides is 1. The first-order chi connectivity index (χ1) is 12.5. The minimum atomic E-state index is -0.463. The Morgan fingerprint density at radius 1 is 1.15 bits per heavy atom. The highest BCUT2D eigenvalue weighted by Crippen LogP contribution is 2.27. The zero-order valence-electron chi connectivity index (χ0n) is 13.5. The molecular formula is C18H14N4O3S. The molecule has 0 spiro atoms. The van der Waals surface area contributed by atoms with Gasteiger partial charge in [-0.25, -0.2) is 15.8 Å². The Morgan fingerprint density at radius 3 is 2.50 bits per heavy atom. The van der Waals surface area contributed by atoms with Crippen LogP contribution in [0.4, 0.5) is 10.8 Å². The molecule has 0 atom stereocenters. The number of thiazole rings is 1. The van der Waals surface area contributed by atoms with Crippen molar-refractivity contribution in [3.63, 3.8) is 0 Å². The summed E-state index contributed by atoms with van der Waals surface area (Å²) in [5.74, 6) is 5.44. The molecule has 0 aliphatic carbocycles. The number of nitro groups is 1. The Balaban J connectivity index is 1.73. The topological polar surface area (TPSA) is 102 Å². The predicted octanol–water partition coefficient (Wildman–Crippen LogP) is 3.64. The van der Waals surface area contributed by atoms with Gasteiger partial charge in [-0.15, -0.1) is 11.3 Å². The highest BCUT2D eigenvalue weighted by atomic mass is 32.1. The van der Waals surface area contributed by atoms with Crippen molar-refractivity contribution in [3.8, 4) is 11.3 Å². The summed E-state index contributed by atoms with van der Waals surface area (Å²) in [5, 5.41) is 13.8. The van der Waals surface area contributed by atoms with Gasteiger partial charge in [0.05, 0.1) is 10.6 Å². The molecule has 2 aromatic carbocycles. The molecule has 130 valence electrons. The Hall–Kier alpha value is -3.36. The Kier molecular flexibility index (Phi) is 5.16. The molecule has 0 aliphatic heterocycles. The number of carbonyl (C=O) groups excluding carboxylic acids is 1. The number of nitrogens with zero attached hydrogens (tertiary/aromatic N) is 3. The molecule has 3 rings (SSSR count). The molecule has 0 bridgehead atoms. The molecule has 1 amide bonds. The van der Waals surface area contributed by atoms with E-state index in [9.17, 15) is 14.9 Å². The predicted molar refractivity (Wildman–Crippen MR) is 101 cm³/mol. The maximum absolute atomic E-state index is 12.2. The average molecular weight is 366 g/mol. The first kappa shape index (κ1) is 17.5. The molecule has 0 saturated carbocycles. The van der Waals surface area contributed by atoms with Gasteiger partial charge in [-0.05, 0) is 23.8 Å². The number of hydrogen-bond donors (Lipinski definition) is 1. The third kappa shape index (κ3) is 4.00. The second kappa shape index (κ2) is 7.68. The summed E-state index contributed by atoms with van der Waals surface area (Å²) in [4.78, 5) is 26.8. The van der Waals surface area contributed by atoms with E-state index >= 15 is 0 Å². The molecule has 26 heavy (non-hydrogen) atoms. The lowest BCUT2D eigenvalue weighted by molar-refractivity contribution is -0.384. The van der Waals surface area contributed by atoms with Crippen LogP contribution in [-0.4, -0.2) is 15.8 Å². The zero-order valence-corrected chi connectivity index (χ0v) is 14.3. The van der Waals surface area contributed by atoms with Gasteiger partial charge in [0, 0.05) is 29.2 Å². The third-order valence-electron chi connectivity index (χ3n) is 3.53. The summed E-state index contributed by atoms with van der Waals surface area (Å²) >= 11 is 1.21. The minimum absolute atomic E-state index is 0.00545. The van der Waals surface area contributed by atoms with Gasteiger partial charge in [0.2, 0.25) is 5.13 Å². The number of hydrogen-bond acceptors (Lipinski definition) is 6. The Labute approximate surface area is 153 Å². The van der Waals surface area contributed by atoms with Crippen molar-refractivity contribution in [1.29, 1.82) is 0 Å². The summed E-state index contributed by atoms with van der Waals surface area (Å²) in [7, 11) is 0. The molecule has 2 N–H and O–H groups in total. The number of carbonyl (C=O) groups is 1. The second-order valence-corrected chi connectivity index (χ2v) is 6.11. The molecule has 7 nitrogen and oxygen atoms in total. The van der Waals surface area contributed by atoms with Gasteiger partial charge in [-0.2, -0.15) is 0 Å². The zero-order chi connectivity index (χ0) is 18.5. The fourth-order valence-electron chi connectivity index (χ4n) is 2.17. The quantitative estimate of drug-likeness (QED) is 0.244. The van der Waals surface area contributed by atoms with Gasteiger partial charge in [0.15, 0.2) is 0 Å². The van der Waals surface area contributed by atoms with E-state index < -0.39 is 10.8 Å². The van der Waals surface area contributed by atoms with Crippen molar-refractivity contribution in [2.45, 2.75) is 0 Å². The highest BCUT2D eigenvalue weighted by Gasteiger charge is 2.14. The lowest BCUT2D eigenvalue weighted by Crippen LogP contribution is -2.36. The number of benzene rings is 2. The van der Waals surface area contributed by atoms with Gasteiger partial charge in [0.25, 0.3) is 11.6 Å². The standard InChI is InChI=1S/C18H14N4O3S/c19-21(17(23)11-6-13-4-2-1-3-5-13)18-20-16(12-26-18)14-7-9-15(10-8-14)22(24)25/h1-12H,19H2. The van der Waals surface area contributed by atoms with E-state index in [1.165, 1.54) is 29.5 Å². The molecular weight excluding hydrogens is 352 g/mol. The second-order valence-electron chi connectivity index (χ2n) is 5.27. The highest BCUT2D eigenvalue weighted by molar-refractivity contribution is 7.14. The van der Waals surface area contributed by atoms with Crippen LogP contribution in [0.2, 0.25) is 0 Å². The number of anilines is 1. The molecule has 8 heteroatoms. The van der Waals surface area contributed by atoms with Crippen LogP contribution in [0.25, 0.3) is 17.3 Å². The van der Waals surface area contributed by atoms with Gasteiger partial charge >= 0.3 is 0 Å². The number of non-ortho nitro benzene ring substituents is 1. The normalized spacial score (nSPS) is 10.8. The van der Waals surface area contributed by atoms with Crippen molar-refractivity contribution < 1.29 is 9.72 Å². The van der Waals surface area contributed by atoms with E-state index in [2.05, 4.69) is 4.98 Å². The maximum atomic E-state index is 12.2. The van der Waals surface area contributed by atoms with Crippen LogP contribution in [0.15, 0.2) is 66.1 Å². The number of nitrogens with two attached hydrogens (primary N) is 1. The number of nitro benzene ring substituents is 1. The monoisotopic (exact) mass is 366 g/mol. The third-order valence-corrected chi connectivity index (χ3v) is 4.37. The average Bonchev–Trinajstić information content (AvgIpc) is 3.16. The largest absolute Gasteiger partial charge is 0.269 e. The Morgan fingerprint density at radius 2 is 1.85 bits per heavy atom. The molecule has 0 unspecified atom stereocenters. The smallest absolute Gasteiger partial charge is 0.268 e. The van der Waals surface area contributed by atoms with Crippen LogP contribution in [0.1, 0.15) is 5.56 Å². The van der Waals surface area contributed by atoms with Crippen molar-refractivity contribution in [2.24, 2.45) is 5.84 Å². The fraction of sp³-hybridized carbons (Fsp3) is 0. The Bertz CT molecular complexity index is 952. The number of aromatic nitrogens is 1. The molecule has 1 aromatic heterocycles. The summed E-state index contributed by atoms with van der Waals surface area (Å²) in [5.41, 5.74) is 2.19. The van der Waals surface area contributed by atoms with Crippen LogP contribution in [0.5, 0.6) is 0 Å². The van der Waals surface area contributed by atoms with Crippen molar-refractivity contribution in [3.05, 3.63) is 81.7 Å². The van der Waals surface area contributed by atoms with Crippen LogP contribution < -0.4 is 10.9 Å². The van der Waals surface area contributed by atoms with E-state index in [1.54, 1.807) is 23.6 Å². The molecule has 0 aliphatic rings. The molecule has 1 heterocycles. The summed E-state index contributed by atoms with van der Waals surface area (Å²) < 4.78 is 0. The van der Waals surface area contributed by atoms with E-state index in [1.807, 2.05) is 30.3 Å². The lowest BCUT2D eigenvalue weighted by Gasteiger charge is -2.09. The van der Waals surface area contributed by atoms with Crippen molar-refractivity contribution >= 4 is 34.1 Å². The van der Waals surface area contributed by atoms with Crippen molar-refractivity contribution in [1.82, 2.24) is 4.98 Å². The molecule has 0 fully saturated rings. The first-order valence-electron chi connectivity index (χ1n) is 7.57. The van der Waals surface area contributed by atoms with Crippen LogP contribution in [-0.2, 0) is 4.79 Å². The minimum Gasteiger partial charge on any atom is -0.268 e. The van der Waals surface area contributed by atoms with E-state index in [0.29, 0.717) is 16.4 Å². The summed E-state index contributed by atoms with van der Waals surface area (Å²) in [6.07, 6.45) is 3.05. The van der Waals surface area contributed by atoms with Gasteiger partial charge in [0.1, 0.15) is 0 Å². The van der Waals surface area contributed by atoms with Crippen molar-refractivity contribution in [2.75, 3.05) is 5.01 Å². The van der Waals surface area contributed by atoms with Gasteiger partial charge in [-0.3, -0.25) is 14.9 Å². The fourth-order valence-corrected chi connectivity index (χ4v) is 2.93. The van der Waals surface area contributed by atoms with E-state index in [-0.39, 0.29) is 5.69 Å². The number of hydrazine groups is 1. The molecule has 0 radical (unpaired) electrons. The maximum Gasteiger partial charge on any atom is 0.269 e. The SMILES string of the molecule is NN(C(=O)C=Cc1ccccc1)c1nc(-c2ccc([N+](=O)[O-])cc2)cs1. The first-order valence-corrected chi connectivity index (χ1v) is 8.45. The van der Waals surface area contributed by atoms with E-state index in [4.69, 9.17) is 5.84 Å². The van der Waals surface area contributed by atoms with Crippen LogP contribution >= 0.6 is 11.3 Å². The van der Waals surface area contributed by atoms with Gasteiger partial charge < -0.3 is 0 Å². The lowest BCUT2D eigenvalue weighted by atomic mass is 10.1. The van der Waals surface area contributed by atoms with Crippen LogP contribution in [0, 0.1) is 10.1 Å². The van der Waals surface area contributed by atoms with Gasteiger partial charge in [-0.1, -0.05) is 30.3 Å². The molecule has 0 saturated heterocycles. The van der Waals surface area contributed by atoms with Crippen LogP contribution in [0.3, 0.4) is 0 Å². The summed E-state index contributed by atoms with van der Waals surface area (Å²) in [6.45, 7) is 0. The van der Waals surface area contributed by atoms with E-state index in [0.717, 1.165) is 10.6 Å². The molecule has 3 aromatic rings. The summed E-state index contributed by atoms with van der Waals surface area (Å²) in [6, 6.07) is 15.4.